The molecular weight excluding hydrogens is 228 g/mol. The van der Waals surface area contributed by atoms with Gasteiger partial charge in [0.05, 0.1) is 0 Å². The van der Waals surface area contributed by atoms with E-state index in [9.17, 15) is 9.59 Å². The second-order valence-electron chi connectivity index (χ2n) is 3.03. The molecule has 0 saturated heterocycles. The van der Waals surface area contributed by atoms with Gasteiger partial charge in [0.15, 0.2) is 0 Å². The highest BCUT2D eigenvalue weighted by atomic mass is 16.6. The minimum atomic E-state index is -0.943. The number of amides is 1. The van der Waals surface area contributed by atoms with Gasteiger partial charge in [0.2, 0.25) is 0 Å². The summed E-state index contributed by atoms with van der Waals surface area (Å²) < 4.78 is 9.46. The number of hydrogen-bond donors (Lipinski definition) is 3. The lowest BCUT2D eigenvalue weighted by molar-refractivity contribution is -0.145. The van der Waals surface area contributed by atoms with Crippen LogP contribution in [0.4, 0.5) is 4.79 Å². The monoisotopic (exact) mass is 250 g/mol. The van der Waals surface area contributed by atoms with Crippen molar-refractivity contribution < 1.29 is 24.2 Å². The number of hydrogen-bond acceptors (Lipinski definition) is 5. The van der Waals surface area contributed by atoms with Crippen molar-refractivity contribution in [2.24, 2.45) is 5.73 Å². The van der Waals surface area contributed by atoms with Crippen LogP contribution < -0.4 is 11.1 Å². The van der Waals surface area contributed by atoms with Gasteiger partial charge in [0.1, 0.15) is 12.8 Å². The van der Waals surface area contributed by atoms with Crippen LogP contribution in [-0.4, -0.2) is 43.2 Å². The van der Waals surface area contributed by atoms with Crippen molar-refractivity contribution in [3.8, 4) is 0 Å². The molecule has 0 fully saturated rings. The number of nitrogens with two attached hydrogens (primary N) is 1. The molecule has 7 nitrogen and oxygen atoms in total. The molecule has 0 aliphatic carbocycles. The zero-order valence-corrected chi connectivity index (χ0v) is 10.6. The summed E-state index contributed by atoms with van der Waals surface area (Å²) in [5.41, 5.74) is 5.33. The molecule has 0 aliphatic rings. The van der Waals surface area contributed by atoms with E-state index in [0.29, 0.717) is 13.2 Å². The van der Waals surface area contributed by atoms with E-state index in [0.717, 1.165) is 6.42 Å². The van der Waals surface area contributed by atoms with Gasteiger partial charge in [-0.15, -0.1) is 0 Å². The first-order chi connectivity index (χ1) is 7.93. The van der Waals surface area contributed by atoms with Crippen LogP contribution in [0.5, 0.6) is 0 Å². The quantitative estimate of drug-likeness (QED) is 0.468. The Bertz CT molecular complexity index is 211. The van der Waals surface area contributed by atoms with E-state index in [1.807, 2.05) is 13.8 Å². The van der Waals surface area contributed by atoms with Crippen LogP contribution in [0.1, 0.15) is 27.2 Å². The molecule has 0 aromatic carbocycles. The Morgan fingerprint density at radius 3 is 2.29 bits per heavy atom. The Kier molecular flexibility index (Phi) is 13.5. The molecule has 1 atom stereocenters. The maximum atomic E-state index is 10.2. The third kappa shape index (κ3) is 20.7. The van der Waals surface area contributed by atoms with Crippen LogP contribution >= 0.6 is 0 Å². The number of rotatable bonds is 6. The summed E-state index contributed by atoms with van der Waals surface area (Å²) in [6.45, 7) is 6.28. The van der Waals surface area contributed by atoms with E-state index in [-0.39, 0.29) is 12.6 Å². The van der Waals surface area contributed by atoms with E-state index >= 15 is 0 Å². The molecular formula is C10H22N2O5. The number of carboxylic acid groups (broad SMARTS) is 1. The van der Waals surface area contributed by atoms with Crippen molar-refractivity contribution in [1.82, 2.24) is 5.32 Å². The first kappa shape index (κ1) is 18.0. The maximum absolute atomic E-state index is 10.2. The predicted molar refractivity (Wildman–Crippen MR) is 62.6 cm³/mol. The van der Waals surface area contributed by atoms with Crippen molar-refractivity contribution in [1.29, 1.82) is 0 Å². The van der Waals surface area contributed by atoms with Gasteiger partial charge in [-0.1, -0.05) is 6.92 Å². The zero-order valence-electron chi connectivity index (χ0n) is 10.6. The molecule has 17 heavy (non-hydrogen) atoms. The number of ether oxygens (including phenoxy) is 2. The fourth-order valence-electron chi connectivity index (χ4n) is 0.694. The average molecular weight is 250 g/mol. The van der Waals surface area contributed by atoms with Crippen LogP contribution in [0.3, 0.4) is 0 Å². The minimum absolute atomic E-state index is 0.128. The Balaban J connectivity index is 0. The molecule has 0 rings (SSSR count). The minimum Gasteiger partial charge on any atom is -0.465 e. The van der Waals surface area contributed by atoms with Crippen molar-refractivity contribution in [2.75, 3.05) is 19.8 Å². The van der Waals surface area contributed by atoms with Crippen LogP contribution in [0.2, 0.25) is 0 Å². The second-order valence-corrected chi connectivity index (χ2v) is 3.03. The van der Waals surface area contributed by atoms with Gasteiger partial charge in [0.25, 0.3) is 0 Å². The first-order valence-electron chi connectivity index (χ1n) is 5.41. The SMILES string of the molecule is CCCNC(=O)O.CCOC(N)COC(C)=O. The summed E-state index contributed by atoms with van der Waals surface area (Å²) in [4.78, 5) is 19.9. The Morgan fingerprint density at radius 2 is 2.00 bits per heavy atom. The fraction of sp³-hybridized carbons (Fsp3) is 0.800. The predicted octanol–water partition coefficient (Wildman–Crippen LogP) is 0.535. The lowest BCUT2D eigenvalue weighted by Crippen LogP contribution is -2.30. The molecule has 102 valence electrons. The van der Waals surface area contributed by atoms with Gasteiger partial charge >= 0.3 is 12.1 Å². The molecule has 4 N–H and O–H groups in total. The average Bonchev–Trinajstić information content (AvgIpc) is 2.25. The molecule has 7 heteroatoms. The standard InChI is InChI=1S/C6H13NO3.C4H9NO2/c1-3-9-6(7)4-10-5(2)8;1-2-3-5-4(6)7/h6H,3-4,7H2,1-2H3;5H,2-3H2,1H3,(H,6,7). The highest BCUT2D eigenvalue weighted by Crippen LogP contribution is 1.84. The van der Waals surface area contributed by atoms with Gasteiger partial charge < -0.3 is 25.6 Å². The molecule has 0 heterocycles. The van der Waals surface area contributed by atoms with Crippen molar-refractivity contribution in [2.45, 2.75) is 33.4 Å². The lowest BCUT2D eigenvalue weighted by Gasteiger charge is -2.10. The Hall–Kier alpha value is -1.34. The van der Waals surface area contributed by atoms with E-state index in [1.54, 1.807) is 0 Å². The molecule has 0 aromatic rings. The summed E-state index contributed by atoms with van der Waals surface area (Å²) in [5, 5.41) is 10.1. The molecule has 0 radical (unpaired) electrons. The van der Waals surface area contributed by atoms with Gasteiger partial charge in [-0.3, -0.25) is 4.79 Å². The summed E-state index contributed by atoms with van der Waals surface area (Å²) in [6.07, 6.45) is -0.581. The van der Waals surface area contributed by atoms with E-state index in [2.05, 4.69) is 10.1 Å². The smallest absolute Gasteiger partial charge is 0.404 e. The van der Waals surface area contributed by atoms with Crippen LogP contribution in [-0.2, 0) is 14.3 Å². The summed E-state index contributed by atoms with van der Waals surface area (Å²) in [7, 11) is 0. The van der Waals surface area contributed by atoms with Gasteiger partial charge in [0, 0.05) is 20.1 Å². The summed E-state index contributed by atoms with van der Waals surface area (Å²) >= 11 is 0. The zero-order chi connectivity index (χ0) is 13.7. The molecule has 0 aliphatic heterocycles. The van der Waals surface area contributed by atoms with Gasteiger partial charge in [-0.25, -0.2) is 4.79 Å². The second kappa shape index (κ2) is 12.7. The normalized spacial score (nSPS) is 10.8. The van der Waals surface area contributed by atoms with Crippen molar-refractivity contribution in [3.63, 3.8) is 0 Å². The Labute approximate surface area is 101 Å². The van der Waals surface area contributed by atoms with Gasteiger partial charge in [-0.2, -0.15) is 0 Å². The van der Waals surface area contributed by atoms with Crippen LogP contribution in [0.15, 0.2) is 0 Å². The maximum Gasteiger partial charge on any atom is 0.404 e. The molecule has 0 aromatic heterocycles. The van der Waals surface area contributed by atoms with E-state index in [4.69, 9.17) is 15.6 Å². The molecule has 1 amide bonds. The fourth-order valence-corrected chi connectivity index (χ4v) is 0.694. The highest BCUT2D eigenvalue weighted by Gasteiger charge is 2.01. The molecule has 0 saturated carbocycles. The highest BCUT2D eigenvalue weighted by molar-refractivity contribution is 5.65. The largest absolute Gasteiger partial charge is 0.465 e. The Morgan fingerprint density at radius 1 is 1.41 bits per heavy atom. The third-order valence-corrected chi connectivity index (χ3v) is 1.36. The van der Waals surface area contributed by atoms with Crippen molar-refractivity contribution >= 4 is 12.1 Å². The number of carbonyl (C=O) groups excluding carboxylic acids is 1. The van der Waals surface area contributed by atoms with Crippen molar-refractivity contribution in [3.05, 3.63) is 0 Å². The number of nitrogens with one attached hydrogen (secondary N) is 1. The van der Waals surface area contributed by atoms with Gasteiger partial charge in [-0.05, 0) is 13.3 Å². The third-order valence-electron chi connectivity index (χ3n) is 1.36. The van der Waals surface area contributed by atoms with Crippen LogP contribution in [0.25, 0.3) is 0 Å². The summed E-state index contributed by atoms with van der Waals surface area (Å²) in [5.74, 6) is -0.338. The number of carbonyl (C=O) groups is 2. The molecule has 0 bridgehead atoms. The topological polar surface area (TPSA) is 111 Å². The summed E-state index contributed by atoms with van der Waals surface area (Å²) in [6, 6.07) is 0. The number of esters is 1. The van der Waals surface area contributed by atoms with E-state index < -0.39 is 12.3 Å². The molecule has 1 unspecified atom stereocenters. The van der Waals surface area contributed by atoms with Crippen LogP contribution in [0, 0.1) is 0 Å². The molecule has 0 spiro atoms. The van der Waals surface area contributed by atoms with E-state index in [1.165, 1.54) is 6.92 Å². The first-order valence-corrected chi connectivity index (χ1v) is 5.41. The lowest BCUT2D eigenvalue weighted by atomic mass is 10.5.